The summed E-state index contributed by atoms with van der Waals surface area (Å²) >= 11 is 5.76. The Morgan fingerprint density at radius 1 is 1.32 bits per heavy atom. The summed E-state index contributed by atoms with van der Waals surface area (Å²) < 4.78 is 13.8. The zero-order chi connectivity index (χ0) is 13.8. The van der Waals surface area contributed by atoms with Gasteiger partial charge in [-0.2, -0.15) is 0 Å². The fourth-order valence-corrected chi connectivity index (χ4v) is 2.18. The van der Waals surface area contributed by atoms with Crippen molar-refractivity contribution in [2.45, 2.75) is 19.4 Å². The molecular formula is C15H16ClFN2. The van der Waals surface area contributed by atoms with Crippen LogP contribution in [-0.4, -0.2) is 12.0 Å². The van der Waals surface area contributed by atoms with Crippen molar-refractivity contribution in [2.24, 2.45) is 0 Å². The molecule has 0 aliphatic rings. The fourth-order valence-electron chi connectivity index (χ4n) is 2.02. The Labute approximate surface area is 117 Å². The van der Waals surface area contributed by atoms with Crippen LogP contribution in [0.25, 0.3) is 0 Å². The summed E-state index contributed by atoms with van der Waals surface area (Å²) in [5.41, 5.74) is 2.50. The molecule has 1 atom stereocenters. The molecule has 19 heavy (non-hydrogen) atoms. The number of benzene rings is 1. The van der Waals surface area contributed by atoms with Gasteiger partial charge >= 0.3 is 0 Å². The van der Waals surface area contributed by atoms with Crippen LogP contribution in [0.15, 0.2) is 36.4 Å². The maximum absolute atomic E-state index is 13.8. The molecule has 0 bridgehead atoms. The second-order valence-electron chi connectivity index (χ2n) is 4.48. The van der Waals surface area contributed by atoms with E-state index in [1.807, 2.05) is 32.2 Å². The van der Waals surface area contributed by atoms with Gasteiger partial charge in [-0.1, -0.05) is 23.7 Å². The third-order valence-corrected chi connectivity index (χ3v) is 3.29. The number of hydrogen-bond donors (Lipinski definition) is 1. The molecule has 0 aliphatic carbocycles. The van der Waals surface area contributed by atoms with Crippen LogP contribution in [0.5, 0.6) is 0 Å². The molecular weight excluding hydrogens is 263 g/mol. The number of nitrogens with zero attached hydrogens (tertiary/aromatic N) is 1. The Kier molecular flexibility index (Phi) is 4.51. The highest BCUT2D eigenvalue weighted by Crippen LogP contribution is 2.21. The topological polar surface area (TPSA) is 24.9 Å². The normalized spacial score (nSPS) is 12.4. The Bertz CT molecular complexity index is 572. The molecule has 0 fully saturated rings. The van der Waals surface area contributed by atoms with Crippen molar-refractivity contribution in [1.29, 1.82) is 0 Å². The maximum atomic E-state index is 13.8. The molecule has 0 saturated heterocycles. The van der Waals surface area contributed by atoms with E-state index in [0.29, 0.717) is 17.0 Å². The molecule has 0 saturated carbocycles. The van der Waals surface area contributed by atoms with Crippen LogP contribution in [0.3, 0.4) is 0 Å². The van der Waals surface area contributed by atoms with Crippen LogP contribution in [0.2, 0.25) is 5.02 Å². The number of nitrogens with one attached hydrogen (secondary N) is 1. The van der Waals surface area contributed by atoms with Crippen LogP contribution in [0, 0.1) is 12.7 Å². The van der Waals surface area contributed by atoms with Crippen molar-refractivity contribution in [2.75, 3.05) is 7.05 Å². The molecule has 2 nitrogen and oxygen atoms in total. The highest BCUT2D eigenvalue weighted by molar-refractivity contribution is 6.30. The first-order valence-corrected chi connectivity index (χ1v) is 6.52. The monoisotopic (exact) mass is 278 g/mol. The Hall–Kier alpha value is -1.45. The Balaban J connectivity index is 2.24. The Morgan fingerprint density at radius 2 is 2.11 bits per heavy atom. The molecule has 100 valence electrons. The van der Waals surface area contributed by atoms with Crippen molar-refractivity contribution in [3.05, 3.63) is 64.2 Å². The third-order valence-electron chi connectivity index (χ3n) is 3.05. The zero-order valence-electron chi connectivity index (χ0n) is 11.0. The average molecular weight is 279 g/mol. The predicted octanol–water partition coefficient (Wildman–Crippen LogP) is 3.69. The van der Waals surface area contributed by atoms with Gasteiger partial charge in [0.2, 0.25) is 0 Å². The minimum atomic E-state index is -0.277. The SMILES string of the molecule is CNC(Cc1ccc(Cl)cc1F)c1cccc(C)n1. The van der Waals surface area contributed by atoms with E-state index in [9.17, 15) is 4.39 Å². The minimum Gasteiger partial charge on any atom is -0.311 e. The van der Waals surface area contributed by atoms with Crippen LogP contribution >= 0.6 is 11.6 Å². The largest absolute Gasteiger partial charge is 0.311 e. The summed E-state index contributed by atoms with van der Waals surface area (Å²) in [6.07, 6.45) is 0.538. The first-order valence-electron chi connectivity index (χ1n) is 6.15. The first kappa shape index (κ1) is 14.0. The highest BCUT2D eigenvalue weighted by Gasteiger charge is 2.14. The van der Waals surface area contributed by atoms with Gasteiger partial charge in [-0.25, -0.2) is 4.39 Å². The van der Waals surface area contributed by atoms with Crippen LogP contribution in [0.1, 0.15) is 23.0 Å². The average Bonchev–Trinajstić information content (AvgIpc) is 2.38. The standard InChI is InChI=1S/C15H16ClFN2/c1-10-4-3-5-14(19-10)15(18-2)8-11-6-7-12(16)9-13(11)17/h3-7,9,15,18H,8H2,1-2H3. The highest BCUT2D eigenvalue weighted by atomic mass is 35.5. The summed E-state index contributed by atoms with van der Waals surface area (Å²) in [4.78, 5) is 4.48. The van der Waals surface area contributed by atoms with Crippen molar-refractivity contribution >= 4 is 11.6 Å². The van der Waals surface area contributed by atoms with Crippen LogP contribution < -0.4 is 5.32 Å². The van der Waals surface area contributed by atoms with Gasteiger partial charge < -0.3 is 5.32 Å². The lowest BCUT2D eigenvalue weighted by Crippen LogP contribution is -2.20. The lowest BCUT2D eigenvalue weighted by molar-refractivity contribution is 0.544. The summed E-state index contributed by atoms with van der Waals surface area (Å²) in [7, 11) is 1.85. The van der Waals surface area contributed by atoms with Gasteiger partial charge in [-0.15, -0.1) is 0 Å². The maximum Gasteiger partial charge on any atom is 0.127 e. The van der Waals surface area contributed by atoms with E-state index in [0.717, 1.165) is 11.4 Å². The van der Waals surface area contributed by atoms with E-state index in [1.54, 1.807) is 12.1 Å². The molecule has 4 heteroatoms. The van der Waals surface area contributed by atoms with Gasteiger partial charge in [0.05, 0.1) is 11.7 Å². The van der Waals surface area contributed by atoms with Crippen molar-refractivity contribution < 1.29 is 4.39 Å². The summed E-state index contributed by atoms with van der Waals surface area (Å²) in [6, 6.07) is 10.6. The molecule has 1 unspecified atom stereocenters. The number of aromatic nitrogens is 1. The second-order valence-corrected chi connectivity index (χ2v) is 4.92. The lowest BCUT2D eigenvalue weighted by Gasteiger charge is -2.16. The van der Waals surface area contributed by atoms with E-state index in [4.69, 9.17) is 11.6 Å². The lowest BCUT2D eigenvalue weighted by atomic mass is 10.0. The van der Waals surface area contributed by atoms with E-state index in [-0.39, 0.29) is 11.9 Å². The van der Waals surface area contributed by atoms with Gasteiger partial charge in [0, 0.05) is 10.7 Å². The van der Waals surface area contributed by atoms with Gasteiger partial charge in [0.25, 0.3) is 0 Å². The van der Waals surface area contributed by atoms with E-state index in [1.165, 1.54) is 6.07 Å². The Morgan fingerprint density at radius 3 is 2.74 bits per heavy atom. The minimum absolute atomic E-state index is 0.0180. The zero-order valence-corrected chi connectivity index (χ0v) is 11.7. The quantitative estimate of drug-likeness (QED) is 0.923. The third kappa shape index (κ3) is 3.52. The molecule has 0 spiro atoms. The molecule has 0 aliphatic heterocycles. The van der Waals surface area contributed by atoms with Crippen molar-refractivity contribution in [3.8, 4) is 0 Å². The van der Waals surface area contributed by atoms with Gasteiger partial charge in [-0.3, -0.25) is 4.98 Å². The number of pyridine rings is 1. The molecule has 0 radical (unpaired) electrons. The first-order chi connectivity index (χ1) is 9.10. The molecule has 1 heterocycles. The predicted molar refractivity (Wildman–Crippen MR) is 75.9 cm³/mol. The molecule has 2 aromatic rings. The van der Waals surface area contributed by atoms with Crippen molar-refractivity contribution in [1.82, 2.24) is 10.3 Å². The molecule has 1 aromatic heterocycles. The van der Waals surface area contributed by atoms with Crippen LogP contribution in [-0.2, 0) is 6.42 Å². The number of likely N-dealkylation sites (N-methyl/N-ethyl adjacent to an activating group) is 1. The number of halogens is 2. The number of hydrogen-bond acceptors (Lipinski definition) is 2. The smallest absolute Gasteiger partial charge is 0.127 e. The van der Waals surface area contributed by atoms with Crippen molar-refractivity contribution in [3.63, 3.8) is 0 Å². The van der Waals surface area contributed by atoms with Gasteiger partial charge in [0.1, 0.15) is 5.82 Å². The van der Waals surface area contributed by atoms with Crippen LogP contribution in [0.4, 0.5) is 4.39 Å². The molecule has 0 amide bonds. The number of aryl methyl sites for hydroxylation is 1. The fraction of sp³-hybridized carbons (Fsp3) is 0.267. The second kappa shape index (κ2) is 6.13. The van der Waals surface area contributed by atoms with E-state index in [2.05, 4.69) is 10.3 Å². The summed E-state index contributed by atoms with van der Waals surface area (Å²) in [5.74, 6) is -0.277. The van der Waals surface area contributed by atoms with E-state index < -0.39 is 0 Å². The van der Waals surface area contributed by atoms with Gasteiger partial charge in [-0.05, 0) is 50.2 Å². The number of rotatable bonds is 4. The van der Waals surface area contributed by atoms with E-state index >= 15 is 0 Å². The molecule has 1 N–H and O–H groups in total. The molecule has 2 rings (SSSR count). The van der Waals surface area contributed by atoms with Gasteiger partial charge in [0.15, 0.2) is 0 Å². The molecule has 1 aromatic carbocycles. The summed E-state index contributed by atoms with van der Waals surface area (Å²) in [6.45, 7) is 1.94. The summed E-state index contributed by atoms with van der Waals surface area (Å²) in [5, 5.41) is 3.59.